The number of aliphatic hydroxyl groups excluding tert-OH is 1. The van der Waals surface area contributed by atoms with Gasteiger partial charge in [0.05, 0.1) is 25.0 Å². The Hall–Kier alpha value is -4.91. The zero-order chi connectivity index (χ0) is 56.0. The number of cyclic esters (lactones) is 2. The van der Waals surface area contributed by atoms with Gasteiger partial charge < -0.3 is 48.7 Å². The van der Waals surface area contributed by atoms with Crippen LogP contribution >= 0.6 is 0 Å². The van der Waals surface area contributed by atoms with E-state index in [9.17, 15) is 48.3 Å². The van der Waals surface area contributed by atoms with Gasteiger partial charge in [0.25, 0.3) is 0 Å². The Morgan fingerprint density at radius 3 is 1.74 bits per heavy atom. The third-order valence-electron chi connectivity index (χ3n) is 16.0. The van der Waals surface area contributed by atoms with Gasteiger partial charge in [0.2, 0.25) is 35.4 Å². The van der Waals surface area contributed by atoms with E-state index in [1.807, 2.05) is 41.5 Å². The van der Waals surface area contributed by atoms with Gasteiger partial charge in [-0.05, 0) is 108 Å². The number of rotatable bonds is 7. The van der Waals surface area contributed by atoms with E-state index in [0.717, 1.165) is 0 Å². The fraction of sp³-hybridized carbons (Fsp3) is 0.800. The quantitative estimate of drug-likeness (QED) is 0.272. The summed E-state index contributed by atoms with van der Waals surface area (Å²) in [6, 6.07) is -6.20. The molecule has 0 aromatic heterocycles. The molecule has 19 nitrogen and oxygen atoms in total. The number of likely N-dealkylation sites (N-methyl/N-ethyl adjacent to an activating group) is 4. The number of hydrogen-bond acceptors (Lipinski definition) is 13. The number of allylic oxidation sites excluding steroid dienone is 2. The largest absolute Gasteiger partial charge is 0.462 e. The first-order chi connectivity index (χ1) is 34.7. The highest BCUT2D eigenvalue weighted by atomic mass is 16.5. The highest BCUT2D eigenvalue weighted by molar-refractivity contribution is 6.07. The van der Waals surface area contributed by atoms with Gasteiger partial charge in [-0.25, -0.2) is 4.79 Å². The van der Waals surface area contributed by atoms with Crippen LogP contribution in [0.15, 0.2) is 11.6 Å². The van der Waals surface area contributed by atoms with Crippen LogP contribution in [0, 0.1) is 29.6 Å². The first-order valence-corrected chi connectivity index (χ1v) is 27.1. The molecule has 420 valence electrons. The number of carbonyl (C=O) groups excluding carboxylic acids is 9. The molecular formula is C55H92N6O13. The monoisotopic (exact) mass is 1040 g/mol. The Kier molecular flexibility index (Phi) is 24.7. The van der Waals surface area contributed by atoms with Gasteiger partial charge >= 0.3 is 11.9 Å². The highest BCUT2D eigenvalue weighted by Gasteiger charge is 2.47. The van der Waals surface area contributed by atoms with Crippen LogP contribution < -0.4 is 0 Å². The summed E-state index contributed by atoms with van der Waals surface area (Å²) in [6.07, 6.45) is 3.15. The fourth-order valence-corrected chi connectivity index (χ4v) is 10.5. The first kappa shape index (κ1) is 63.4. The van der Waals surface area contributed by atoms with Crippen LogP contribution in [-0.2, 0) is 57.4 Å². The molecule has 0 unspecified atom stereocenters. The molecule has 0 radical (unpaired) electrons. The van der Waals surface area contributed by atoms with E-state index < -0.39 is 126 Å². The predicted octanol–water partition coefficient (Wildman–Crippen LogP) is 4.65. The van der Waals surface area contributed by atoms with E-state index in [0.29, 0.717) is 63.4 Å². The van der Waals surface area contributed by atoms with Gasteiger partial charge in [0.15, 0.2) is 5.78 Å². The topological polar surface area (TPSA) is 221 Å². The number of ether oxygens (including phenoxy) is 3. The molecule has 0 spiro atoms. The van der Waals surface area contributed by atoms with Crippen LogP contribution in [0.1, 0.15) is 147 Å². The number of aliphatic hydroxyl groups is 1. The number of fused-ring (bicyclic) bond motifs is 2. The number of nitrogens with zero attached hydrogens (tertiary/aromatic N) is 6. The smallest absolute Gasteiger partial charge is 0.329 e. The first-order valence-electron chi connectivity index (χ1n) is 27.1. The Balaban J connectivity index is 2.07. The second kappa shape index (κ2) is 28.8. The summed E-state index contributed by atoms with van der Waals surface area (Å²) in [5.74, 6) is -7.01. The predicted molar refractivity (Wildman–Crippen MR) is 279 cm³/mol. The number of methoxy groups -OCH3 is 1. The maximum absolute atomic E-state index is 14.8. The van der Waals surface area contributed by atoms with E-state index in [2.05, 4.69) is 0 Å². The summed E-state index contributed by atoms with van der Waals surface area (Å²) in [5.41, 5.74) is 0.326. The second-order valence-corrected chi connectivity index (χ2v) is 22.0. The lowest BCUT2D eigenvalue weighted by molar-refractivity contribution is -0.162. The molecule has 3 heterocycles. The molecule has 2 fully saturated rings. The molecule has 3 aliphatic rings. The lowest BCUT2D eigenvalue weighted by Gasteiger charge is -2.41. The van der Waals surface area contributed by atoms with E-state index in [-0.39, 0.29) is 43.9 Å². The van der Waals surface area contributed by atoms with Crippen LogP contribution in [0.4, 0.5) is 0 Å². The third-order valence-corrected chi connectivity index (χ3v) is 16.0. The molecule has 3 rings (SSSR count). The van der Waals surface area contributed by atoms with Gasteiger partial charge in [-0.2, -0.15) is 0 Å². The van der Waals surface area contributed by atoms with Crippen molar-refractivity contribution in [3.63, 3.8) is 0 Å². The van der Waals surface area contributed by atoms with Crippen molar-refractivity contribution in [1.82, 2.24) is 29.4 Å². The minimum atomic E-state index is -1.21. The van der Waals surface area contributed by atoms with Crippen molar-refractivity contribution < 1.29 is 62.5 Å². The summed E-state index contributed by atoms with van der Waals surface area (Å²) < 4.78 is 17.3. The molecule has 1 N–H and O–H groups in total. The number of ketones is 1. The molecule has 0 aromatic carbocycles. The molecule has 2 saturated heterocycles. The molecular weight excluding hydrogens is 953 g/mol. The normalized spacial score (nSPS) is 31.1. The molecule has 6 amide bonds. The average molecular weight is 1050 g/mol. The van der Waals surface area contributed by atoms with Crippen LogP contribution in [-0.4, -0.2) is 197 Å². The lowest BCUT2D eigenvalue weighted by atomic mass is 9.93. The summed E-state index contributed by atoms with van der Waals surface area (Å²) >= 11 is 0. The van der Waals surface area contributed by atoms with E-state index in [4.69, 9.17) is 14.2 Å². The summed E-state index contributed by atoms with van der Waals surface area (Å²) in [7, 11) is 7.35. The number of hydrogen-bond donors (Lipinski definition) is 1. The van der Waals surface area contributed by atoms with Crippen LogP contribution in [0.3, 0.4) is 0 Å². The minimum absolute atomic E-state index is 0.202. The third kappa shape index (κ3) is 15.6. The Bertz CT molecular complexity index is 2010. The molecule has 0 aliphatic carbocycles. The Morgan fingerprint density at radius 2 is 1.19 bits per heavy atom. The molecule has 74 heavy (non-hydrogen) atoms. The molecule has 12 atom stereocenters. The maximum Gasteiger partial charge on any atom is 0.329 e. The molecule has 0 saturated carbocycles. The molecule has 0 aromatic rings. The summed E-state index contributed by atoms with van der Waals surface area (Å²) in [6.45, 7) is 19.8. The Morgan fingerprint density at radius 1 is 0.649 bits per heavy atom. The molecule has 19 heteroatoms. The van der Waals surface area contributed by atoms with E-state index >= 15 is 0 Å². The number of Topliss-reactive ketones (excluding diaryl/α,β-unsaturated/α-hetero) is 1. The number of esters is 2. The maximum atomic E-state index is 14.8. The van der Waals surface area contributed by atoms with Gasteiger partial charge in [0, 0.05) is 48.4 Å². The van der Waals surface area contributed by atoms with Crippen molar-refractivity contribution in [2.24, 2.45) is 29.6 Å². The zero-order valence-corrected chi connectivity index (χ0v) is 47.6. The highest BCUT2D eigenvalue weighted by Crippen LogP contribution is 2.29. The van der Waals surface area contributed by atoms with Gasteiger partial charge in [-0.1, -0.05) is 67.9 Å². The summed E-state index contributed by atoms with van der Waals surface area (Å²) in [5, 5.41) is 11.0. The van der Waals surface area contributed by atoms with Crippen molar-refractivity contribution >= 4 is 53.2 Å². The lowest BCUT2D eigenvalue weighted by Crippen LogP contribution is -2.62. The van der Waals surface area contributed by atoms with Crippen molar-refractivity contribution in [2.45, 2.75) is 201 Å². The van der Waals surface area contributed by atoms with E-state index in [1.165, 1.54) is 64.7 Å². The van der Waals surface area contributed by atoms with Crippen molar-refractivity contribution in [3.05, 3.63) is 11.6 Å². The Labute approximate surface area is 441 Å². The molecule has 0 bridgehead atoms. The van der Waals surface area contributed by atoms with Crippen LogP contribution in [0.5, 0.6) is 0 Å². The van der Waals surface area contributed by atoms with Gasteiger partial charge in [-0.15, -0.1) is 0 Å². The summed E-state index contributed by atoms with van der Waals surface area (Å²) in [4.78, 5) is 136. The van der Waals surface area contributed by atoms with Crippen molar-refractivity contribution in [3.8, 4) is 0 Å². The fourth-order valence-electron chi connectivity index (χ4n) is 10.5. The van der Waals surface area contributed by atoms with E-state index in [1.54, 1.807) is 40.7 Å². The van der Waals surface area contributed by atoms with Gasteiger partial charge in [-0.3, -0.25) is 38.4 Å². The molecule has 3 aliphatic heterocycles. The number of carbonyl (C=O) groups is 9. The van der Waals surface area contributed by atoms with Crippen LogP contribution in [0.2, 0.25) is 0 Å². The van der Waals surface area contributed by atoms with Gasteiger partial charge in [0.1, 0.15) is 48.5 Å². The second-order valence-electron chi connectivity index (χ2n) is 22.0. The standard InChI is InChI=1S/C55H92N6O13/c1-17-34(7)48-52(68)59(15)46(32(3)4)51(67)56(12)42(31-72-16)50(66)60-28-20-23-40(60)49(65)58(14)47(33(5)6)53(69)61-29-21-24-41(61)55(71)74-39(18-2)22-19-25-43(62)37(10)54(70)73-38(11)35(8)26-27-36(9)44(63)30-45(64)57(48)13/h27,32-35,37-43,46-48,62H,17-26,28-31H2,1-16H3/t34-,35-,37+,38+,39+,40-,41-,42-,43+,46-,47-,48-/m0/s1. The van der Waals surface area contributed by atoms with Crippen LogP contribution in [0.25, 0.3) is 0 Å². The number of amides is 6. The minimum Gasteiger partial charge on any atom is -0.462 e. The van der Waals surface area contributed by atoms with Crippen molar-refractivity contribution in [2.75, 3.05) is 55.0 Å². The average Bonchev–Trinajstić information content (AvgIpc) is 4.06. The van der Waals surface area contributed by atoms with Crippen molar-refractivity contribution in [1.29, 1.82) is 0 Å². The zero-order valence-electron chi connectivity index (χ0n) is 47.6. The SMILES string of the molecule is CC[C@@H]1CCC[C@@H](O)[C@@H](C)C(=O)O[C@H](C)[C@@H](C)CC=C(C)C(=O)CC(=O)N(C)[C@@H]([C@@H](C)CC)C(=O)N(C)[C@@H](C(C)C)C(=O)N(C)[C@@H](COC)C(=O)N2CCC[C@H]2C(=O)N(C)[C@@H](C(C)C)C(=O)N2CCC[C@H]2C(=O)O1.